The molecule has 0 aliphatic heterocycles. The first-order valence-corrected chi connectivity index (χ1v) is 5.84. The summed E-state index contributed by atoms with van der Waals surface area (Å²) in [6.45, 7) is -0.525. The SMILES string of the molecule is COc1cc(N(C)C)ccc1C(CCO)C(F)(F)F. The van der Waals surface area contributed by atoms with Crippen LogP contribution in [0.5, 0.6) is 5.75 Å². The monoisotopic (exact) mass is 277 g/mol. The van der Waals surface area contributed by atoms with Crippen LogP contribution in [0.3, 0.4) is 0 Å². The van der Waals surface area contributed by atoms with E-state index in [9.17, 15) is 13.2 Å². The molecule has 0 heterocycles. The van der Waals surface area contributed by atoms with Crippen molar-refractivity contribution in [2.45, 2.75) is 18.5 Å². The van der Waals surface area contributed by atoms with E-state index in [1.165, 1.54) is 13.2 Å². The second-order valence-electron chi connectivity index (χ2n) is 4.43. The van der Waals surface area contributed by atoms with Gasteiger partial charge in [0, 0.05) is 38.0 Å². The average Bonchev–Trinajstić information content (AvgIpc) is 2.33. The lowest BCUT2D eigenvalue weighted by Gasteiger charge is -2.23. The summed E-state index contributed by atoms with van der Waals surface area (Å²) in [6, 6.07) is 4.57. The number of aliphatic hydroxyl groups excluding tert-OH is 1. The van der Waals surface area contributed by atoms with Gasteiger partial charge in [0.1, 0.15) is 5.75 Å². The molecule has 0 amide bonds. The summed E-state index contributed by atoms with van der Waals surface area (Å²) in [5.74, 6) is -1.54. The highest BCUT2D eigenvalue weighted by molar-refractivity contribution is 5.54. The van der Waals surface area contributed by atoms with Crippen LogP contribution in [0.4, 0.5) is 18.9 Å². The number of anilines is 1. The van der Waals surface area contributed by atoms with E-state index in [4.69, 9.17) is 9.84 Å². The third-order valence-corrected chi connectivity index (χ3v) is 2.92. The van der Waals surface area contributed by atoms with Crippen molar-refractivity contribution in [1.29, 1.82) is 0 Å². The number of halogens is 3. The standard InChI is InChI=1S/C13H18F3NO2/c1-17(2)9-4-5-10(12(8-9)19-3)11(6-7-18)13(14,15)16/h4-5,8,11,18H,6-7H2,1-3H3. The Bertz CT molecular complexity index is 419. The molecule has 1 aromatic carbocycles. The molecule has 3 nitrogen and oxygen atoms in total. The average molecular weight is 277 g/mol. The summed E-state index contributed by atoms with van der Waals surface area (Å²) in [4.78, 5) is 1.78. The number of alkyl halides is 3. The zero-order chi connectivity index (χ0) is 14.6. The Morgan fingerprint density at radius 3 is 2.37 bits per heavy atom. The van der Waals surface area contributed by atoms with Gasteiger partial charge in [0.15, 0.2) is 0 Å². The van der Waals surface area contributed by atoms with Crippen LogP contribution in [0.25, 0.3) is 0 Å². The molecule has 1 atom stereocenters. The first-order chi connectivity index (χ1) is 8.81. The molecule has 1 unspecified atom stereocenters. The van der Waals surface area contributed by atoms with E-state index in [0.29, 0.717) is 0 Å². The molecule has 0 bridgehead atoms. The highest BCUT2D eigenvalue weighted by Crippen LogP contribution is 2.42. The molecule has 0 spiro atoms. The van der Waals surface area contributed by atoms with E-state index in [2.05, 4.69) is 0 Å². The van der Waals surface area contributed by atoms with Crippen molar-refractivity contribution in [2.75, 3.05) is 32.7 Å². The van der Waals surface area contributed by atoms with E-state index < -0.39 is 18.7 Å². The minimum Gasteiger partial charge on any atom is -0.496 e. The second kappa shape index (κ2) is 6.14. The van der Waals surface area contributed by atoms with Crippen LogP contribution in [-0.2, 0) is 0 Å². The van der Waals surface area contributed by atoms with Gasteiger partial charge in [-0.25, -0.2) is 0 Å². The summed E-state index contributed by atoms with van der Waals surface area (Å²) in [7, 11) is 4.93. The number of rotatable bonds is 5. The Morgan fingerprint density at radius 2 is 1.95 bits per heavy atom. The number of benzene rings is 1. The normalized spacial score (nSPS) is 13.2. The summed E-state index contributed by atoms with van der Waals surface area (Å²) < 4.78 is 44.0. The second-order valence-corrected chi connectivity index (χ2v) is 4.43. The molecular weight excluding hydrogens is 259 g/mol. The molecule has 108 valence electrons. The smallest absolute Gasteiger partial charge is 0.395 e. The van der Waals surface area contributed by atoms with Crippen molar-refractivity contribution >= 4 is 5.69 Å². The van der Waals surface area contributed by atoms with Gasteiger partial charge in [0.2, 0.25) is 0 Å². The van der Waals surface area contributed by atoms with Gasteiger partial charge in [0.05, 0.1) is 13.0 Å². The fourth-order valence-electron chi connectivity index (χ4n) is 1.89. The van der Waals surface area contributed by atoms with Gasteiger partial charge in [0.25, 0.3) is 0 Å². The summed E-state index contributed by atoms with van der Waals surface area (Å²) in [5, 5.41) is 8.82. The topological polar surface area (TPSA) is 32.7 Å². The Kier molecular flexibility index (Phi) is 5.05. The van der Waals surface area contributed by atoms with E-state index in [1.807, 2.05) is 0 Å². The molecule has 0 aliphatic carbocycles. The lowest BCUT2D eigenvalue weighted by molar-refractivity contribution is -0.153. The Labute approximate surface area is 110 Å². The molecule has 1 rings (SSSR count). The van der Waals surface area contributed by atoms with Crippen LogP contribution in [-0.4, -0.2) is 39.1 Å². The van der Waals surface area contributed by atoms with Crippen molar-refractivity contribution < 1.29 is 23.0 Å². The van der Waals surface area contributed by atoms with Crippen LogP contribution < -0.4 is 9.64 Å². The van der Waals surface area contributed by atoms with Crippen molar-refractivity contribution in [1.82, 2.24) is 0 Å². The molecule has 6 heteroatoms. The number of aliphatic hydroxyl groups is 1. The van der Waals surface area contributed by atoms with E-state index >= 15 is 0 Å². The largest absolute Gasteiger partial charge is 0.496 e. The first-order valence-electron chi connectivity index (χ1n) is 5.84. The van der Waals surface area contributed by atoms with Gasteiger partial charge < -0.3 is 14.7 Å². The van der Waals surface area contributed by atoms with E-state index in [1.54, 1.807) is 31.1 Å². The van der Waals surface area contributed by atoms with Crippen molar-refractivity contribution in [3.63, 3.8) is 0 Å². The molecule has 0 saturated heterocycles. The Morgan fingerprint density at radius 1 is 1.32 bits per heavy atom. The minimum atomic E-state index is -4.41. The maximum absolute atomic E-state index is 13.0. The van der Waals surface area contributed by atoms with Crippen LogP contribution in [0.2, 0.25) is 0 Å². The van der Waals surface area contributed by atoms with Gasteiger partial charge >= 0.3 is 6.18 Å². The third-order valence-electron chi connectivity index (χ3n) is 2.92. The maximum atomic E-state index is 13.0. The molecule has 0 aliphatic rings. The van der Waals surface area contributed by atoms with Crippen LogP contribution >= 0.6 is 0 Å². The van der Waals surface area contributed by atoms with Crippen LogP contribution in [0.1, 0.15) is 17.9 Å². The Balaban J connectivity index is 3.23. The summed E-state index contributed by atoms with van der Waals surface area (Å²) >= 11 is 0. The number of ether oxygens (including phenoxy) is 1. The zero-order valence-corrected chi connectivity index (χ0v) is 11.2. The van der Waals surface area contributed by atoms with Crippen LogP contribution in [0.15, 0.2) is 18.2 Å². The molecule has 0 aromatic heterocycles. The highest BCUT2D eigenvalue weighted by atomic mass is 19.4. The van der Waals surface area contributed by atoms with Crippen LogP contribution in [0, 0.1) is 0 Å². The maximum Gasteiger partial charge on any atom is 0.395 e. The number of nitrogens with zero attached hydrogens (tertiary/aromatic N) is 1. The first kappa shape index (κ1) is 15.6. The van der Waals surface area contributed by atoms with Gasteiger partial charge in [-0.15, -0.1) is 0 Å². The highest BCUT2D eigenvalue weighted by Gasteiger charge is 2.41. The molecule has 1 N–H and O–H groups in total. The quantitative estimate of drug-likeness (QED) is 0.898. The fraction of sp³-hybridized carbons (Fsp3) is 0.538. The number of hydrogen-bond acceptors (Lipinski definition) is 3. The Hall–Kier alpha value is -1.43. The number of methoxy groups -OCH3 is 1. The molecular formula is C13H18F3NO2. The minimum absolute atomic E-state index is 0.0506. The predicted octanol–water partition coefficient (Wildman–Crippen LogP) is 2.79. The summed E-state index contributed by atoms with van der Waals surface area (Å²) in [6.07, 6.45) is -4.78. The van der Waals surface area contributed by atoms with E-state index in [-0.39, 0.29) is 17.7 Å². The zero-order valence-electron chi connectivity index (χ0n) is 11.2. The van der Waals surface area contributed by atoms with Gasteiger partial charge in [-0.05, 0) is 12.5 Å². The lowest BCUT2D eigenvalue weighted by atomic mass is 9.94. The lowest BCUT2D eigenvalue weighted by Crippen LogP contribution is -2.22. The molecule has 1 aromatic rings. The molecule has 0 radical (unpaired) electrons. The number of hydrogen-bond donors (Lipinski definition) is 1. The summed E-state index contributed by atoms with van der Waals surface area (Å²) in [5.41, 5.74) is 0.806. The molecule has 0 fully saturated rings. The predicted molar refractivity (Wildman–Crippen MR) is 67.8 cm³/mol. The van der Waals surface area contributed by atoms with Gasteiger partial charge in [-0.2, -0.15) is 13.2 Å². The fourth-order valence-corrected chi connectivity index (χ4v) is 1.89. The van der Waals surface area contributed by atoms with Crippen molar-refractivity contribution in [2.24, 2.45) is 0 Å². The van der Waals surface area contributed by atoms with E-state index in [0.717, 1.165) is 5.69 Å². The van der Waals surface area contributed by atoms with Crippen molar-refractivity contribution in [3.8, 4) is 5.75 Å². The van der Waals surface area contributed by atoms with Gasteiger partial charge in [-0.1, -0.05) is 6.07 Å². The third kappa shape index (κ3) is 3.76. The molecule has 19 heavy (non-hydrogen) atoms. The molecule has 0 saturated carbocycles. The van der Waals surface area contributed by atoms with Gasteiger partial charge in [-0.3, -0.25) is 0 Å². The van der Waals surface area contributed by atoms with Crippen molar-refractivity contribution in [3.05, 3.63) is 23.8 Å².